The number of benzene rings is 3. The molecule has 1 heterocycles. The highest BCUT2D eigenvalue weighted by Crippen LogP contribution is 2.27. The fourth-order valence-electron chi connectivity index (χ4n) is 3.54. The molecule has 140 valence electrons. The number of nitrogens with one attached hydrogen (secondary N) is 1. The highest BCUT2D eigenvalue weighted by Gasteiger charge is 2.12. The molecule has 0 aliphatic heterocycles. The van der Waals surface area contributed by atoms with Gasteiger partial charge in [0.25, 0.3) is 5.91 Å². The van der Waals surface area contributed by atoms with Gasteiger partial charge in [-0.2, -0.15) is 0 Å². The number of fused-ring (bicyclic) bond motifs is 1. The van der Waals surface area contributed by atoms with E-state index in [-0.39, 0.29) is 5.91 Å². The van der Waals surface area contributed by atoms with Gasteiger partial charge in [0.15, 0.2) is 5.58 Å². The summed E-state index contributed by atoms with van der Waals surface area (Å²) in [4.78, 5) is 17.2. The van der Waals surface area contributed by atoms with E-state index in [4.69, 9.17) is 4.42 Å². The number of oxazole rings is 1. The Morgan fingerprint density at radius 3 is 2.07 bits per heavy atom. The molecular formula is C24H22N2O2. The zero-order chi connectivity index (χ0) is 19.8. The van der Waals surface area contributed by atoms with Crippen molar-refractivity contribution in [1.29, 1.82) is 0 Å². The van der Waals surface area contributed by atoms with E-state index in [1.807, 2.05) is 50.2 Å². The zero-order valence-corrected chi connectivity index (χ0v) is 16.5. The monoisotopic (exact) mass is 370 g/mol. The predicted octanol–water partition coefficient (Wildman–Crippen LogP) is 5.98. The van der Waals surface area contributed by atoms with Crippen LogP contribution >= 0.6 is 0 Å². The van der Waals surface area contributed by atoms with E-state index in [0.717, 1.165) is 16.7 Å². The van der Waals surface area contributed by atoms with Gasteiger partial charge in [0, 0.05) is 16.8 Å². The maximum absolute atomic E-state index is 12.6. The average molecular weight is 370 g/mol. The Labute approximate surface area is 164 Å². The number of hydrogen-bond acceptors (Lipinski definition) is 3. The normalized spacial score (nSPS) is 11.0. The van der Waals surface area contributed by atoms with Crippen LogP contribution in [0.1, 0.15) is 32.6 Å². The summed E-state index contributed by atoms with van der Waals surface area (Å²) in [6.07, 6.45) is 0. The SMILES string of the molecule is Cc1cc(C)cc(C(=O)Nc2ccc3oc(-c4cc(C)cc(C)c4)nc3c2)c1. The van der Waals surface area contributed by atoms with E-state index in [2.05, 4.69) is 42.3 Å². The number of carbonyl (C=O) groups excluding carboxylic acids is 1. The van der Waals surface area contributed by atoms with Crippen LogP contribution < -0.4 is 5.32 Å². The van der Waals surface area contributed by atoms with Gasteiger partial charge in [-0.25, -0.2) is 4.98 Å². The van der Waals surface area contributed by atoms with Gasteiger partial charge in [0.05, 0.1) is 0 Å². The first kappa shape index (κ1) is 18.0. The van der Waals surface area contributed by atoms with E-state index in [1.165, 1.54) is 11.1 Å². The maximum Gasteiger partial charge on any atom is 0.255 e. The van der Waals surface area contributed by atoms with Crippen LogP contribution in [0.3, 0.4) is 0 Å². The number of rotatable bonds is 3. The van der Waals surface area contributed by atoms with Crippen LogP contribution in [-0.4, -0.2) is 10.9 Å². The average Bonchev–Trinajstić information content (AvgIpc) is 3.03. The van der Waals surface area contributed by atoms with Crippen molar-refractivity contribution >= 4 is 22.7 Å². The van der Waals surface area contributed by atoms with E-state index in [9.17, 15) is 4.79 Å². The van der Waals surface area contributed by atoms with Gasteiger partial charge in [-0.15, -0.1) is 0 Å². The number of carbonyl (C=O) groups is 1. The van der Waals surface area contributed by atoms with Crippen LogP contribution in [0.25, 0.3) is 22.6 Å². The number of amides is 1. The molecule has 0 atom stereocenters. The number of aryl methyl sites for hydroxylation is 4. The molecule has 1 amide bonds. The molecule has 0 bridgehead atoms. The molecule has 4 rings (SSSR count). The van der Waals surface area contributed by atoms with E-state index < -0.39 is 0 Å². The molecule has 1 aromatic heterocycles. The first-order chi connectivity index (χ1) is 13.4. The molecule has 0 spiro atoms. The van der Waals surface area contributed by atoms with E-state index >= 15 is 0 Å². The van der Waals surface area contributed by atoms with Crippen LogP contribution in [0.2, 0.25) is 0 Å². The van der Waals surface area contributed by atoms with Gasteiger partial charge in [0.2, 0.25) is 5.89 Å². The molecule has 0 unspecified atom stereocenters. The van der Waals surface area contributed by atoms with Crippen LogP contribution in [0, 0.1) is 27.7 Å². The molecule has 3 aromatic carbocycles. The maximum atomic E-state index is 12.6. The van der Waals surface area contributed by atoms with Crippen molar-refractivity contribution in [2.45, 2.75) is 27.7 Å². The minimum absolute atomic E-state index is 0.135. The molecule has 0 fully saturated rings. The Hall–Kier alpha value is -3.40. The van der Waals surface area contributed by atoms with Crippen molar-refractivity contribution in [3.8, 4) is 11.5 Å². The number of aromatic nitrogens is 1. The topological polar surface area (TPSA) is 55.1 Å². The van der Waals surface area contributed by atoms with E-state index in [1.54, 1.807) is 0 Å². The molecule has 0 aliphatic carbocycles. The second-order valence-electron chi connectivity index (χ2n) is 7.41. The quantitative estimate of drug-likeness (QED) is 0.482. The third-order valence-electron chi connectivity index (χ3n) is 4.60. The summed E-state index contributed by atoms with van der Waals surface area (Å²) in [5, 5.41) is 2.95. The van der Waals surface area contributed by atoms with Gasteiger partial charge in [0.1, 0.15) is 5.52 Å². The van der Waals surface area contributed by atoms with Gasteiger partial charge in [-0.05, 0) is 70.2 Å². The van der Waals surface area contributed by atoms with Crippen molar-refractivity contribution in [3.63, 3.8) is 0 Å². The standard InChI is InChI=1S/C24H22N2O2/c1-14-7-15(2)10-18(9-14)23(27)25-20-5-6-22-21(13-20)26-24(28-22)19-11-16(3)8-17(4)12-19/h5-13H,1-4H3,(H,25,27). The minimum atomic E-state index is -0.135. The predicted molar refractivity (Wildman–Crippen MR) is 113 cm³/mol. The van der Waals surface area contributed by atoms with Gasteiger partial charge in [-0.1, -0.05) is 34.4 Å². The van der Waals surface area contributed by atoms with Crippen LogP contribution in [0.15, 0.2) is 59.0 Å². The van der Waals surface area contributed by atoms with Gasteiger partial charge >= 0.3 is 0 Å². The molecule has 4 nitrogen and oxygen atoms in total. The third-order valence-corrected chi connectivity index (χ3v) is 4.60. The lowest BCUT2D eigenvalue weighted by atomic mass is 10.1. The first-order valence-corrected chi connectivity index (χ1v) is 9.26. The molecule has 0 saturated carbocycles. The lowest BCUT2D eigenvalue weighted by Crippen LogP contribution is -2.12. The van der Waals surface area contributed by atoms with Gasteiger partial charge in [-0.3, -0.25) is 4.79 Å². The smallest absolute Gasteiger partial charge is 0.255 e. The molecule has 0 saturated heterocycles. The molecule has 4 aromatic rings. The summed E-state index contributed by atoms with van der Waals surface area (Å²) < 4.78 is 5.92. The molecule has 28 heavy (non-hydrogen) atoms. The summed E-state index contributed by atoms with van der Waals surface area (Å²) >= 11 is 0. The fraction of sp³-hybridized carbons (Fsp3) is 0.167. The van der Waals surface area contributed by atoms with Crippen molar-refractivity contribution in [3.05, 3.63) is 82.4 Å². The van der Waals surface area contributed by atoms with Crippen LogP contribution in [0.4, 0.5) is 5.69 Å². The second-order valence-corrected chi connectivity index (χ2v) is 7.41. The summed E-state index contributed by atoms with van der Waals surface area (Å²) in [5.74, 6) is 0.448. The second kappa shape index (κ2) is 6.97. The molecule has 4 heteroatoms. The highest BCUT2D eigenvalue weighted by molar-refractivity contribution is 6.05. The van der Waals surface area contributed by atoms with Crippen LogP contribution in [-0.2, 0) is 0 Å². The summed E-state index contributed by atoms with van der Waals surface area (Å²) in [6, 6.07) is 17.6. The summed E-state index contributed by atoms with van der Waals surface area (Å²) in [6.45, 7) is 8.08. The van der Waals surface area contributed by atoms with Crippen molar-refractivity contribution in [2.24, 2.45) is 0 Å². The van der Waals surface area contributed by atoms with Crippen molar-refractivity contribution in [2.75, 3.05) is 5.32 Å². The largest absolute Gasteiger partial charge is 0.436 e. The Balaban J connectivity index is 1.63. The molecule has 0 aliphatic rings. The Kier molecular flexibility index (Phi) is 4.47. The number of nitrogens with zero attached hydrogens (tertiary/aromatic N) is 1. The molecular weight excluding hydrogens is 348 g/mol. The number of anilines is 1. The minimum Gasteiger partial charge on any atom is -0.436 e. The number of hydrogen-bond donors (Lipinski definition) is 1. The van der Waals surface area contributed by atoms with Crippen LogP contribution in [0.5, 0.6) is 0 Å². The summed E-state index contributed by atoms with van der Waals surface area (Å²) in [7, 11) is 0. The lowest BCUT2D eigenvalue weighted by molar-refractivity contribution is 0.102. The van der Waals surface area contributed by atoms with Gasteiger partial charge < -0.3 is 9.73 Å². The van der Waals surface area contributed by atoms with Crippen molar-refractivity contribution in [1.82, 2.24) is 4.98 Å². The zero-order valence-electron chi connectivity index (χ0n) is 16.5. The van der Waals surface area contributed by atoms with Crippen molar-refractivity contribution < 1.29 is 9.21 Å². The Morgan fingerprint density at radius 2 is 1.43 bits per heavy atom. The Bertz CT molecular complexity index is 1160. The summed E-state index contributed by atoms with van der Waals surface area (Å²) in [5.41, 5.74) is 8.16. The fourth-order valence-corrected chi connectivity index (χ4v) is 3.54. The Morgan fingerprint density at radius 1 is 0.821 bits per heavy atom. The molecule has 1 N–H and O–H groups in total. The third kappa shape index (κ3) is 3.67. The lowest BCUT2D eigenvalue weighted by Gasteiger charge is -2.07. The molecule has 0 radical (unpaired) electrons. The first-order valence-electron chi connectivity index (χ1n) is 9.26. The van der Waals surface area contributed by atoms with E-state index in [0.29, 0.717) is 28.2 Å². The highest BCUT2D eigenvalue weighted by atomic mass is 16.3.